The lowest BCUT2D eigenvalue weighted by Crippen LogP contribution is -2.41. The highest BCUT2D eigenvalue weighted by molar-refractivity contribution is 7.99. The Bertz CT molecular complexity index is 808. The number of rotatable bonds is 7. The van der Waals surface area contributed by atoms with E-state index in [0.29, 0.717) is 17.8 Å². The van der Waals surface area contributed by atoms with Crippen molar-refractivity contribution in [3.63, 3.8) is 0 Å². The molecule has 2 aromatic rings. The molecule has 0 atom stereocenters. The Labute approximate surface area is 165 Å². The number of carbonyl (C=O) groups is 1. The van der Waals surface area contributed by atoms with Crippen LogP contribution in [-0.2, 0) is 11.3 Å². The van der Waals surface area contributed by atoms with Crippen LogP contribution in [0.2, 0.25) is 0 Å². The van der Waals surface area contributed by atoms with E-state index in [4.69, 9.17) is 0 Å². The maximum atomic E-state index is 13.0. The predicted octanol–water partition coefficient (Wildman–Crippen LogP) is 4.30. The van der Waals surface area contributed by atoms with Gasteiger partial charge in [0.15, 0.2) is 11.0 Å². The minimum absolute atomic E-state index is 0.275. The summed E-state index contributed by atoms with van der Waals surface area (Å²) in [7, 11) is 0. The van der Waals surface area contributed by atoms with Crippen LogP contribution in [0.1, 0.15) is 51.0 Å². The third-order valence-corrected chi connectivity index (χ3v) is 6.53. The van der Waals surface area contributed by atoms with Gasteiger partial charge in [0.25, 0.3) is 0 Å². The van der Waals surface area contributed by atoms with Gasteiger partial charge >= 0.3 is 0 Å². The van der Waals surface area contributed by atoms with Crippen molar-refractivity contribution in [3.05, 3.63) is 29.8 Å². The molecule has 1 aromatic carbocycles. The van der Waals surface area contributed by atoms with Gasteiger partial charge in [-0.25, -0.2) is 0 Å². The molecule has 0 radical (unpaired) electrons. The average Bonchev–Trinajstić information content (AvgIpc) is 3.19. The SMILES string of the molecule is CCn1c(SCC(=O)N(C2CCCC2)C2CC2)nnc1-c1cccc(C)c1. The summed E-state index contributed by atoms with van der Waals surface area (Å²) in [4.78, 5) is 15.2. The standard InChI is InChI=1S/C21H28N4OS/c1-3-24-20(16-8-6-7-15(2)13-16)22-23-21(24)27-14-19(26)25(18-11-12-18)17-9-4-5-10-17/h6-8,13,17-18H,3-5,9-12,14H2,1-2H3. The van der Waals surface area contributed by atoms with E-state index in [0.717, 1.165) is 23.1 Å². The summed E-state index contributed by atoms with van der Waals surface area (Å²) in [5.41, 5.74) is 2.28. The van der Waals surface area contributed by atoms with Crippen molar-refractivity contribution in [2.24, 2.45) is 0 Å². The lowest BCUT2D eigenvalue weighted by atomic mass is 10.1. The fraction of sp³-hybridized carbons (Fsp3) is 0.571. The molecule has 6 heteroatoms. The first-order valence-electron chi connectivity index (χ1n) is 10.1. The molecule has 2 saturated carbocycles. The lowest BCUT2D eigenvalue weighted by Gasteiger charge is -2.29. The Morgan fingerprint density at radius 3 is 2.59 bits per heavy atom. The Hall–Kier alpha value is -1.82. The molecule has 0 unspecified atom stereocenters. The van der Waals surface area contributed by atoms with Gasteiger partial charge in [0.2, 0.25) is 5.91 Å². The van der Waals surface area contributed by atoms with Crippen molar-refractivity contribution >= 4 is 17.7 Å². The van der Waals surface area contributed by atoms with Crippen LogP contribution < -0.4 is 0 Å². The number of hydrogen-bond acceptors (Lipinski definition) is 4. The van der Waals surface area contributed by atoms with Gasteiger partial charge < -0.3 is 9.47 Å². The second-order valence-electron chi connectivity index (χ2n) is 7.68. The summed E-state index contributed by atoms with van der Waals surface area (Å²) in [6.07, 6.45) is 7.23. The van der Waals surface area contributed by atoms with Gasteiger partial charge in [-0.2, -0.15) is 0 Å². The Morgan fingerprint density at radius 1 is 1.19 bits per heavy atom. The first kappa shape index (κ1) is 18.5. The predicted molar refractivity (Wildman–Crippen MR) is 109 cm³/mol. The van der Waals surface area contributed by atoms with Gasteiger partial charge in [-0.3, -0.25) is 4.79 Å². The van der Waals surface area contributed by atoms with Gasteiger partial charge in [-0.15, -0.1) is 10.2 Å². The fourth-order valence-electron chi connectivity index (χ4n) is 4.12. The van der Waals surface area contributed by atoms with Crippen LogP contribution in [0.15, 0.2) is 29.4 Å². The first-order chi connectivity index (χ1) is 13.2. The highest BCUT2D eigenvalue weighted by atomic mass is 32.2. The maximum Gasteiger partial charge on any atom is 0.233 e. The molecule has 27 heavy (non-hydrogen) atoms. The molecule has 1 aromatic heterocycles. The molecular formula is C21H28N4OS. The number of benzene rings is 1. The van der Waals surface area contributed by atoms with Gasteiger partial charge in [-0.05, 0) is 45.6 Å². The monoisotopic (exact) mass is 384 g/mol. The summed E-state index contributed by atoms with van der Waals surface area (Å²) in [5, 5.41) is 9.64. The van der Waals surface area contributed by atoms with Crippen molar-refractivity contribution in [1.29, 1.82) is 0 Å². The zero-order chi connectivity index (χ0) is 18.8. The highest BCUT2D eigenvalue weighted by Crippen LogP contribution is 2.35. The summed E-state index contributed by atoms with van der Waals surface area (Å²) in [5.74, 6) is 1.61. The quantitative estimate of drug-likeness (QED) is 0.668. The molecule has 1 heterocycles. The third kappa shape index (κ3) is 4.05. The van der Waals surface area contributed by atoms with Crippen molar-refractivity contribution in [3.8, 4) is 11.4 Å². The van der Waals surface area contributed by atoms with E-state index in [1.165, 1.54) is 55.9 Å². The molecule has 0 saturated heterocycles. The molecule has 0 aliphatic heterocycles. The minimum atomic E-state index is 0.275. The second kappa shape index (κ2) is 8.05. The van der Waals surface area contributed by atoms with Crippen LogP contribution in [0.5, 0.6) is 0 Å². The molecule has 0 spiro atoms. The van der Waals surface area contributed by atoms with Gasteiger partial charge in [0.05, 0.1) is 5.75 Å². The number of amides is 1. The number of hydrogen-bond donors (Lipinski definition) is 0. The van der Waals surface area contributed by atoms with E-state index in [9.17, 15) is 4.79 Å². The van der Waals surface area contributed by atoms with Crippen molar-refractivity contribution in [2.45, 2.75) is 76.2 Å². The summed E-state index contributed by atoms with van der Waals surface area (Å²) < 4.78 is 2.11. The van der Waals surface area contributed by atoms with Crippen LogP contribution in [0.3, 0.4) is 0 Å². The lowest BCUT2D eigenvalue weighted by molar-refractivity contribution is -0.131. The zero-order valence-electron chi connectivity index (χ0n) is 16.2. The smallest absolute Gasteiger partial charge is 0.233 e. The molecule has 2 fully saturated rings. The molecular weight excluding hydrogens is 356 g/mol. The Balaban J connectivity index is 1.47. The highest BCUT2D eigenvalue weighted by Gasteiger charge is 2.38. The number of aryl methyl sites for hydroxylation is 1. The van der Waals surface area contributed by atoms with E-state index >= 15 is 0 Å². The van der Waals surface area contributed by atoms with Crippen molar-refractivity contribution < 1.29 is 4.79 Å². The van der Waals surface area contributed by atoms with Crippen molar-refractivity contribution in [2.75, 3.05) is 5.75 Å². The molecule has 1 amide bonds. The number of nitrogens with zero attached hydrogens (tertiary/aromatic N) is 4. The van der Waals surface area contributed by atoms with Crippen molar-refractivity contribution in [1.82, 2.24) is 19.7 Å². The Morgan fingerprint density at radius 2 is 1.93 bits per heavy atom. The van der Waals surface area contributed by atoms with Crippen LogP contribution in [0.25, 0.3) is 11.4 Å². The van der Waals surface area contributed by atoms with Crippen LogP contribution in [-0.4, -0.2) is 43.4 Å². The molecule has 5 nitrogen and oxygen atoms in total. The summed E-state index contributed by atoms with van der Waals surface area (Å²) in [6.45, 7) is 4.98. The molecule has 2 aliphatic rings. The molecule has 4 rings (SSSR count). The van der Waals surface area contributed by atoms with Gasteiger partial charge in [0.1, 0.15) is 0 Å². The summed E-state index contributed by atoms with van der Waals surface area (Å²) >= 11 is 1.53. The van der Waals surface area contributed by atoms with E-state index in [1.54, 1.807) is 0 Å². The third-order valence-electron chi connectivity index (χ3n) is 5.58. The number of aromatic nitrogens is 3. The van der Waals surface area contributed by atoms with Crippen LogP contribution in [0, 0.1) is 6.92 Å². The van der Waals surface area contributed by atoms with Crippen LogP contribution >= 0.6 is 11.8 Å². The normalized spacial score (nSPS) is 17.4. The second-order valence-corrected chi connectivity index (χ2v) is 8.62. The summed E-state index contributed by atoms with van der Waals surface area (Å²) in [6, 6.07) is 9.29. The number of carbonyl (C=O) groups excluding carboxylic acids is 1. The number of thioether (sulfide) groups is 1. The first-order valence-corrected chi connectivity index (χ1v) is 11.1. The Kier molecular flexibility index (Phi) is 5.53. The molecule has 144 valence electrons. The van der Waals surface area contributed by atoms with Crippen LogP contribution in [0.4, 0.5) is 0 Å². The maximum absolute atomic E-state index is 13.0. The molecule has 2 aliphatic carbocycles. The largest absolute Gasteiger partial charge is 0.336 e. The van der Waals surface area contributed by atoms with Gasteiger partial charge in [0, 0.05) is 24.2 Å². The van der Waals surface area contributed by atoms with E-state index < -0.39 is 0 Å². The van der Waals surface area contributed by atoms with E-state index in [-0.39, 0.29) is 5.91 Å². The topological polar surface area (TPSA) is 51.0 Å². The average molecular weight is 385 g/mol. The fourth-order valence-corrected chi connectivity index (χ4v) is 4.99. The van der Waals surface area contributed by atoms with E-state index in [1.807, 2.05) is 6.07 Å². The molecule has 0 bridgehead atoms. The minimum Gasteiger partial charge on any atom is -0.336 e. The molecule has 0 N–H and O–H groups in total. The van der Waals surface area contributed by atoms with E-state index in [2.05, 4.69) is 51.7 Å². The zero-order valence-corrected chi connectivity index (χ0v) is 17.0. The van der Waals surface area contributed by atoms with Gasteiger partial charge in [-0.1, -0.05) is 48.4 Å².